The Balaban J connectivity index is 4.38. The zero-order valence-electron chi connectivity index (χ0n) is 19.1. The third-order valence-corrected chi connectivity index (χ3v) is 5.02. The molecule has 0 saturated heterocycles. The molecule has 0 fully saturated rings. The normalized spacial score (nSPS) is 9.88. The van der Waals surface area contributed by atoms with E-state index in [1.807, 2.05) is 0 Å². The van der Waals surface area contributed by atoms with Crippen LogP contribution >= 0.6 is 0 Å². The number of imide groups is 1. The number of amides is 2. The maximum atomic E-state index is 12.7. The molecule has 0 rings (SSSR count). The van der Waals surface area contributed by atoms with Crippen molar-refractivity contribution in [1.29, 1.82) is 0 Å². The van der Waals surface area contributed by atoms with Crippen molar-refractivity contribution in [2.45, 2.75) is 89.9 Å². The molecule has 0 atom stereocenters. The number of aliphatic imine (C=N–C) groups is 3. The second-order valence-electron chi connectivity index (χ2n) is 7.60. The minimum absolute atomic E-state index is 0.133. The molecule has 9 nitrogen and oxygen atoms in total. The van der Waals surface area contributed by atoms with Gasteiger partial charge in [-0.1, -0.05) is 38.5 Å². The Labute approximate surface area is 190 Å². The molecule has 0 N–H and O–H groups in total. The van der Waals surface area contributed by atoms with E-state index < -0.39 is 0 Å². The third-order valence-electron chi connectivity index (χ3n) is 5.02. The molecule has 178 valence electrons. The van der Waals surface area contributed by atoms with Gasteiger partial charge in [0.15, 0.2) is 0 Å². The van der Waals surface area contributed by atoms with Crippen molar-refractivity contribution in [3.8, 4) is 0 Å². The Bertz CT molecular complexity index is 621. The molecule has 0 aromatic rings. The molecule has 0 saturated carbocycles. The summed E-state index contributed by atoms with van der Waals surface area (Å²) in [5.41, 5.74) is 0. The first-order chi connectivity index (χ1) is 15.7. The Kier molecular flexibility index (Phi) is 21.0. The largest absolute Gasteiger partial charge is 0.283 e. The van der Waals surface area contributed by atoms with Gasteiger partial charge >= 0.3 is 0 Å². The molecule has 0 aromatic heterocycles. The summed E-state index contributed by atoms with van der Waals surface area (Å²) in [5.74, 6) is -0.265. The van der Waals surface area contributed by atoms with Gasteiger partial charge in [0.25, 0.3) is 0 Å². The molecule has 0 radical (unpaired) electrons. The summed E-state index contributed by atoms with van der Waals surface area (Å²) in [6, 6.07) is 0. The van der Waals surface area contributed by atoms with Crippen LogP contribution in [-0.2, 0) is 24.0 Å². The highest BCUT2D eigenvalue weighted by molar-refractivity contribution is 5.95. The summed E-state index contributed by atoms with van der Waals surface area (Å²) < 4.78 is 0. The van der Waals surface area contributed by atoms with Crippen LogP contribution in [0, 0.1) is 0 Å². The zero-order valence-corrected chi connectivity index (χ0v) is 19.1. The lowest BCUT2D eigenvalue weighted by Gasteiger charge is -2.21. The smallest absolute Gasteiger partial charge is 0.234 e. The van der Waals surface area contributed by atoms with Crippen LogP contribution in [0.4, 0.5) is 0 Å². The Morgan fingerprint density at radius 1 is 0.500 bits per heavy atom. The summed E-state index contributed by atoms with van der Waals surface area (Å²) in [6.07, 6.45) is 14.9. The standard InChI is InChI=1S/C23H36N4O5/c28-19-24-15-9-3-1-7-13-22(31)27(18-12-6-5-11-17-26-21-30)23(32)14-8-2-4-10-16-25-20-29/h1-18H2. The van der Waals surface area contributed by atoms with Gasteiger partial charge in [0.2, 0.25) is 30.1 Å². The van der Waals surface area contributed by atoms with Crippen LogP contribution in [0.2, 0.25) is 0 Å². The Morgan fingerprint density at radius 3 is 1.22 bits per heavy atom. The maximum absolute atomic E-state index is 12.7. The highest BCUT2D eigenvalue weighted by Crippen LogP contribution is 2.12. The molecular formula is C23H36N4O5. The van der Waals surface area contributed by atoms with E-state index in [-0.39, 0.29) is 11.8 Å². The van der Waals surface area contributed by atoms with Gasteiger partial charge < -0.3 is 0 Å². The minimum atomic E-state index is -0.133. The average Bonchev–Trinajstić information content (AvgIpc) is 2.79. The van der Waals surface area contributed by atoms with Crippen molar-refractivity contribution in [1.82, 2.24) is 4.90 Å². The van der Waals surface area contributed by atoms with Crippen LogP contribution in [-0.4, -0.2) is 61.1 Å². The summed E-state index contributed by atoms with van der Waals surface area (Å²) >= 11 is 0. The number of hydrogen-bond donors (Lipinski definition) is 0. The monoisotopic (exact) mass is 448 g/mol. The number of hydrogen-bond acceptors (Lipinski definition) is 8. The fourth-order valence-electron chi connectivity index (χ4n) is 3.25. The van der Waals surface area contributed by atoms with Crippen molar-refractivity contribution in [2.75, 3.05) is 26.2 Å². The first kappa shape index (κ1) is 29.3. The fraction of sp³-hybridized carbons (Fsp3) is 0.783. The van der Waals surface area contributed by atoms with E-state index in [0.717, 1.165) is 64.2 Å². The molecule has 0 aromatic carbocycles. The van der Waals surface area contributed by atoms with Crippen molar-refractivity contribution in [2.24, 2.45) is 15.0 Å². The number of unbranched alkanes of at least 4 members (excludes halogenated alkanes) is 9. The Morgan fingerprint density at radius 2 is 0.844 bits per heavy atom. The van der Waals surface area contributed by atoms with E-state index in [2.05, 4.69) is 15.0 Å². The van der Waals surface area contributed by atoms with Crippen molar-refractivity contribution in [3.05, 3.63) is 0 Å². The van der Waals surface area contributed by atoms with Gasteiger partial charge in [-0.05, 0) is 38.5 Å². The lowest BCUT2D eigenvalue weighted by atomic mass is 10.1. The average molecular weight is 449 g/mol. The molecule has 32 heavy (non-hydrogen) atoms. The van der Waals surface area contributed by atoms with Gasteiger partial charge in [0.1, 0.15) is 0 Å². The Hall–Kier alpha value is -2.72. The van der Waals surface area contributed by atoms with Crippen molar-refractivity contribution < 1.29 is 24.0 Å². The maximum Gasteiger partial charge on any atom is 0.234 e. The van der Waals surface area contributed by atoms with Crippen LogP contribution in [0.15, 0.2) is 15.0 Å². The number of carbonyl (C=O) groups is 2. The molecular weight excluding hydrogens is 412 g/mol. The van der Waals surface area contributed by atoms with Crippen LogP contribution in [0.3, 0.4) is 0 Å². The van der Waals surface area contributed by atoms with E-state index in [1.165, 1.54) is 23.1 Å². The molecule has 0 aliphatic carbocycles. The van der Waals surface area contributed by atoms with E-state index in [0.29, 0.717) is 51.9 Å². The molecule has 0 heterocycles. The van der Waals surface area contributed by atoms with Gasteiger partial charge in [-0.25, -0.2) is 29.4 Å². The third kappa shape index (κ3) is 18.1. The summed E-state index contributed by atoms with van der Waals surface area (Å²) in [7, 11) is 0. The van der Waals surface area contributed by atoms with E-state index >= 15 is 0 Å². The van der Waals surface area contributed by atoms with Gasteiger partial charge in [-0.3, -0.25) is 14.5 Å². The van der Waals surface area contributed by atoms with E-state index in [1.54, 1.807) is 0 Å². The molecule has 0 aliphatic heterocycles. The first-order valence-electron chi connectivity index (χ1n) is 11.6. The van der Waals surface area contributed by atoms with Crippen LogP contribution in [0.1, 0.15) is 89.9 Å². The van der Waals surface area contributed by atoms with Gasteiger partial charge in [-0.15, -0.1) is 0 Å². The number of rotatable bonds is 21. The van der Waals surface area contributed by atoms with Gasteiger partial charge in [0, 0.05) is 19.4 Å². The first-order valence-corrected chi connectivity index (χ1v) is 11.6. The predicted molar refractivity (Wildman–Crippen MR) is 120 cm³/mol. The lowest BCUT2D eigenvalue weighted by Crippen LogP contribution is -2.37. The van der Waals surface area contributed by atoms with Crippen LogP contribution in [0.5, 0.6) is 0 Å². The molecule has 0 unspecified atom stereocenters. The van der Waals surface area contributed by atoms with Crippen LogP contribution < -0.4 is 0 Å². The fourth-order valence-corrected chi connectivity index (χ4v) is 3.25. The quantitative estimate of drug-likeness (QED) is 0.150. The minimum Gasteiger partial charge on any atom is -0.283 e. The van der Waals surface area contributed by atoms with Crippen LogP contribution in [0.25, 0.3) is 0 Å². The zero-order chi connectivity index (χ0) is 23.7. The van der Waals surface area contributed by atoms with E-state index in [4.69, 9.17) is 0 Å². The number of carbonyl (C=O) groups excluding carboxylic acids is 5. The summed E-state index contributed by atoms with van der Waals surface area (Å²) in [6.45, 7) is 1.79. The molecule has 0 aliphatic rings. The van der Waals surface area contributed by atoms with Gasteiger partial charge in [0.05, 0.1) is 19.6 Å². The number of nitrogens with zero attached hydrogens (tertiary/aromatic N) is 4. The van der Waals surface area contributed by atoms with Gasteiger partial charge in [-0.2, -0.15) is 0 Å². The molecule has 0 spiro atoms. The highest BCUT2D eigenvalue weighted by Gasteiger charge is 2.20. The topological polar surface area (TPSA) is 126 Å². The molecule has 0 bridgehead atoms. The number of isocyanates is 3. The SMILES string of the molecule is O=C=NCCCCCCC(=O)N(CCCCCCN=C=O)C(=O)CCCCCCN=C=O. The second-order valence-corrected chi connectivity index (χ2v) is 7.60. The van der Waals surface area contributed by atoms with Crippen molar-refractivity contribution in [3.63, 3.8) is 0 Å². The lowest BCUT2D eigenvalue weighted by molar-refractivity contribution is -0.145. The summed E-state index contributed by atoms with van der Waals surface area (Å²) in [4.78, 5) is 67.4. The van der Waals surface area contributed by atoms with E-state index in [9.17, 15) is 24.0 Å². The predicted octanol–water partition coefficient (Wildman–Crippen LogP) is 3.81. The summed E-state index contributed by atoms with van der Waals surface area (Å²) in [5, 5.41) is 0. The highest BCUT2D eigenvalue weighted by atomic mass is 16.2. The molecule has 9 heteroatoms. The second kappa shape index (κ2) is 23.0. The molecule has 2 amide bonds. The van der Waals surface area contributed by atoms with Crippen molar-refractivity contribution >= 4 is 30.1 Å².